The number of nitrogens with zero attached hydrogens (tertiary/aromatic N) is 1. The van der Waals surface area contributed by atoms with Gasteiger partial charge in [0.05, 0.1) is 16.8 Å². The molecule has 0 spiro atoms. The van der Waals surface area contributed by atoms with Gasteiger partial charge in [0.15, 0.2) is 0 Å². The average molecular weight is 341 g/mol. The number of furan rings is 1. The van der Waals surface area contributed by atoms with Crippen molar-refractivity contribution in [2.24, 2.45) is 0 Å². The first-order chi connectivity index (χ1) is 9.78. The molecule has 2 heterocycles. The van der Waals surface area contributed by atoms with E-state index in [4.69, 9.17) is 4.42 Å². The third kappa shape index (κ3) is 2.46. The van der Waals surface area contributed by atoms with E-state index in [0.29, 0.717) is 6.04 Å². The molecule has 1 aliphatic heterocycles. The van der Waals surface area contributed by atoms with Gasteiger partial charge in [0.25, 0.3) is 0 Å². The second kappa shape index (κ2) is 6.20. The maximum absolute atomic E-state index is 5.84. The van der Waals surface area contributed by atoms with Crippen molar-refractivity contribution in [1.82, 2.24) is 10.2 Å². The highest BCUT2D eigenvalue weighted by Gasteiger charge is 2.48. The normalized spacial score (nSPS) is 24.3. The van der Waals surface area contributed by atoms with Crippen molar-refractivity contribution in [1.29, 1.82) is 0 Å². The van der Waals surface area contributed by atoms with Gasteiger partial charge in [-0.3, -0.25) is 4.90 Å². The van der Waals surface area contributed by atoms with Crippen LogP contribution in [-0.2, 0) is 0 Å². The van der Waals surface area contributed by atoms with Crippen LogP contribution in [0, 0.1) is 0 Å². The van der Waals surface area contributed by atoms with Crippen molar-refractivity contribution in [2.45, 2.75) is 57.0 Å². The molecule has 1 saturated carbocycles. The highest BCUT2D eigenvalue weighted by molar-refractivity contribution is 9.10. The molecule has 3 rings (SSSR count). The molecule has 2 aliphatic rings. The molecular weight excluding hydrogens is 316 g/mol. The van der Waals surface area contributed by atoms with Gasteiger partial charge in [0.2, 0.25) is 0 Å². The zero-order valence-corrected chi connectivity index (χ0v) is 13.9. The van der Waals surface area contributed by atoms with Crippen molar-refractivity contribution in [3.63, 3.8) is 0 Å². The van der Waals surface area contributed by atoms with Gasteiger partial charge in [0, 0.05) is 5.54 Å². The molecule has 112 valence electrons. The molecule has 1 unspecified atom stereocenters. The van der Waals surface area contributed by atoms with E-state index >= 15 is 0 Å². The van der Waals surface area contributed by atoms with E-state index in [1.165, 1.54) is 51.6 Å². The fourth-order valence-electron chi connectivity index (χ4n) is 4.18. The predicted molar refractivity (Wildman–Crippen MR) is 84.8 cm³/mol. The maximum Gasteiger partial charge on any atom is 0.136 e. The summed E-state index contributed by atoms with van der Waals surface area (Å²) in [5.74, 6) is 1.08. The molecule has 0 amide bonds. The van der Waals surface area contributed by atoms with Crippen LogP contribution in [0.2, 0.25) is 0 Å². The Kier molecular flexibility index (Phi) is 4.53. The number of hydrogen-bond donors (Lipinski definition) is 1. The van der Waals surface area contributed by atoms with Crippen LogP contribution in [0.25, 0.3) is 0 Å². The largest absolute Gasteiger partial charge is 0.466 e. The Labute approximate surface area is 130 Å². The van der Waals surface area contributed by atoms with Crippen LogP contribution in [-0.4, -0.2) is 30.1 Å². The number of likely N-dealkylation sites (tertiary alicyclic amines) is 1. The molecule has 0 aromatic carbocycles. The van der Waals surface area contributed by atoms with Crippen molar-refractivity contribution in [3.05, 3.63) is 22.6 Å². The van der Waals surface area contributed by atoms with Gasteiger partial charge in [-0.15, -0.1) is 0 Å². The topological polar surface area (TPSA) is 28.4 Å². The Bertz CT molecular complexity index is 433. The quantitative estimate of drug-likeness (QED) is 0.874. The van der Waals surface area contributed by atoms with Gasteiger partial charge < -0.3 is 9.73 Å². The smallest absolute Gasteiger partial charge is 0.136 e. The van der Waals surface area contributed by atoms with Gasteiger partial charge in [-0.1, -0.05) is 19.8 Å². The SMILES string of the molecule is CCNC(c1occc1Br)C1(N2CCCC2)CCCC1. The Morgan fingerprint density at radius 3 is 2.55 bits per heavy atom. The monoisotopic (exact) mass is 340 g/mol. The molecule has 1 aromatic heterocycles. The number of hydrogen-bond acceptors (Lipinski definition) is 3. The van der Waals surface area contributed by atoms with Gasteiger partial charge in [-0.05, 0) is 67.3 Å². The Balaban J connectivity index is 1.96. The zero-order chi connectivity index (χ0) is 14.0. The minimum Gasteiger partial charge on any atom is -0.466 e. The van der Waals surface area contributed by atoms with Gasteiger partial charge in [-0.25, -0.2) is 0 Å². The van der Waals surface area contributed by atoms with Crippen LogP contribution in [0.5, 0.6) is 0 Å². The molecule has 1 N–H and O–H groups in total. The van der Waals surface area contributed by atoms with Crippen LogP contribution < -0.4 is 5.32 Å². The van der Waals surface area contributed by atoms with Crippen molar-refractivity contribution >= 4 is 15.9 Å². The maximum atomic E-state index is 5.84. The summed E-state index contributed by atoms with van der Waals surface area (Å²) < 4.78 is 6.95. The molecular formula is C16H25BrN2O. The lowest BCUT2D eigenvalue weighted by molar-refractivity contribution is 0.0675. The van der Waals surface area contributed by atoms with E-state index < -0.39 is 0 Å². The molecule has 0 radical (unpaired) electrons. The van der Waals surface area contributed by atoms with Crippen molar-refractivity contribution in [2.75, 3.05) is 19.6 Å². The number of likely N-dealkylation sites (N-methyl/N-ethyl adjacent to an activating group) is 1. The Hall–Kier alpha value is -0.320. The van der Waals surface area contributed by atoms with E-state index in [0.717, 1.165) is 16.8 Å². The fourth-order valence-corrected chi connectivity index (χ4v) is 4.61. The first-order valence-corrected chi connectivity index (χ1v) is 8.78. The number of nitrogens with one attached hydrogen (secondary N) is 1. The minimum atomic E-state index is 0.257. The summed E-state index contributed by atoms with van der Waals surface area (Å²) in [6.45, 7) is 5.67. The Morgan fingerprint density at radius 1 is 1.30 bits per heavy atom. The van der Waals surface area contributed by atoms with E-state index in [1.807, 2.05) is 6.07 Å². The summed E-state index contributed by atoms with van der Waals surface area (Å²) in [7, 11) is 0. The van der Waals surface area contributed by atoms with Gasteiger partial charge in [0.1, 0.15) is 5.76 Å². The molecule has 4 heteroatoms. The van der Waals surface area contributed by atoms with Crippen LogP contribution in [0.15, 0.2) is 21.2 Å². The molecule has 3 nitrogen and oxygen atoms in total. The van der Waals surface area contributed by atoms with Gasteiger partial charge >= 0.3 is 0 Å². The molecule has 2 fully saturated rings. The molecule has 1 saturated heterocycles. The lowest BCUT2D eigenvalue weighted by atomic mass is 9.84. The summed E-state index contributed by atoms with van der Waals surface area (Å²) >= 11 is 3.66. The number of rotatable bonds is 5. The zero-order valence-electron chi connectivity index (χ0n) is 12.3. The van der Waals surface area contributed by atoms with Crippen LogP contribution in [0.4, 0.5) is 0 Å². The first-order valence-electron chi connectivity index (χ1n) is 7.99. The highest BCUT2D eigenvalue weighted by Crippen LogP contribution is 2.47. The van der Waals surface area contributed by atoms with Crippen molar-refractivity contribution < 1.29 is 4.42 Å². The van der Waals surface area contributed by atoms with E-state index in [-0.39, 0.29) is 5.54 Å². The van der Waals surface area contributed by atoms with Gasteiger partial charge in [-0.2, -0.15) is 0 Å². The van der Waals surface area contributed by atoms with E-state index in [2.05, 4.69) is 33.1 Å². The van der Waals surface area contributed by atoms with E-state index in [9.17, 15) is 0 Å². The van der Waals surface area contributed by atoms with Crippen LogP contribution >= 0.6 is 15.9 Å². The van der Waals surface area contributed by atoms with Crippen LogP contribution in [0.3, 0.4) is 0 Å². The first kappa shape index (κ1) is 14.6. The number of halogens is 1. The fraction of sp³-hybridized carbons (Fsp3) is 0.750. The van der Waals surface area contributed by atoms with Crippen molar-refractivity contribution in [3.8, 4) is 0 Å². The molecule has 1 atom stereocenters. The van der Waals surface area contributed by atoms with Crippen LogP contribution in [0.1, 0.15) is 57.3 Å². The summed E-state index contributed by atoms with van der Waals surface area (Å²) in [4.78, 5) is 2.74. The Morgan fingerprint density at radius 2 is 2.00 bits per heavy atom. The summed E-state index contributed by atoms with van der Waals surface area (Å²) in [6, 6.07) is 2.32. The molecule has 1 aromatic rings. The molecule has 1 aliphatic carbocycles. The summed E-state index contributed by atoms with van der Waals surface area (Å²) in [5, 5.41) is 3.72. The lowest BCUT2D eigenvalue weighted by Crippen LogP contribution is -2.54. The second-order valence-corrected chi connectivity index (χ2v) is 6.98. The van der Waals surface area contributed by atoms with E-state index in [1.54, 1.807) is 6.26 Å². The highest BCUT2D eigenvalue weighted by atomic mass is 79.9. The standard InChI is InChI=1S/C16H25BrN2O/c1-2-18-15(14-13(17)7-12-20-14)16(8-3-4-9-16)19-10-5-6-11-19/h7,12,15,18H,2-6,8-11H2,1H3. The third-order valence-corrected chi connectivity index (χ3v) is 5.71. The molecule has 20 heavy (non-hydrogen) atoms. The molecule has 0 bridgehead atoms. The summed E-state index contributed by atoms with van der Waals surface area (Å²) in [5.41, 5.74) is 0.257. The third-order valence-electron chi connectivity index (χ3n) is 5.06. The predicted octanol–water partition coefficient (Wildman–Crippen LogP) is 4.10. The lowest BCUT2D eigenvalue weighted by Gasteiger charge is -2.44. The summed E-state index contributed by atoms with van der Waals surface area (Å²) in [6.07, 6.45) is 9.76. The second-order valence-electron chi connectivity index (χ2n) is 6.13. The minimum absolute atomic E-state index is 0.257. The average Bonchev–Trinajstić information content (AvgIpc) is 3.18.